The van der Waals surface area contributed by atoms with E-state index in [1.807, 2.05) is 18.2 Å². The summed E-state index contributed by atoms with van der Waals surface area (Å²) >= 11 is 6.09. The number of halogens is 2. The van der Waals surface area contributed by atoms with Crippen LogP contribution < -0.4 is 24.5 Å². The first kappa shape index (κ1) is 21.5. The quantitative estimate of drug-likeness (QED) is 0.600. The van der Waals surface area contributed by atoms with Crippen LogP contribution in [-0.4, -0.2) is 31.1 Å². The van der Waals surface area contributed by atoms with Gasteiger partial charge in [0.1, 0.15) is 14.5 Å². The summed E-state index contributed by atoms with van der Waals surface area (Å²) in [7, 11) is -5.90. The molecule has 1 heterocycles. The number of likely N-dealkylation sites (N-methyl/N-ethyl adjacent to an activating group) is 1. The second kappa shape index (κ2) is 9.11. The van der Waals surface area contributed by atoms with E-state index in [1.54, 1.807) is 24.3 Å². The Hall–Kier alpha value is -1.16. The molecule has 0 bridgehead atoms. The Morgan fingerprint density at radius 3 is 2.54 bits per heavy atom. The molecule has 28 heavy (non-hydrogen) atoms. The van der Waals surface area contributed by atoms with Crippen molar-refractivity contribution in [3.8, 4) is 0 Å². The highest BCUT2D eigenvalue weighted by Crippen LogP contribution is 2.38. The molecule has 2 aromatic carbocycles. The predicted molar refractivity (Wildman–Crippen MR) is 103 cm³/mol. The molecule has 1 unspecified atom stereocenters. The average molecular weight is 445 g/mol. The van der Waals surface area contributed by atoms with E-state index in [0.29, 0.717) is 14.4 Å². The van der Waals surface area contributed by atoms with E-state index < -0.39 is 21.0 Å². The van der Waals surface area contributed by atoms with Crippen molar-refractivity contribution in [1.29, 1.82) is 0 Å². The third kappa shape index (κ3) is 5.25. The molecule has 0 aromatic heterocycles. The van der Waals surface area contributed by atoms with E-state index in [2.05, 4.69) is 24.1 Å². The van der Waals surface area contributed by atoms with Crippen LogP contribution in [0.2, 0.25) is 5.02 Å². The third-order valence-corrected chi connectivity index (χ3v) is 7.38. The monoisotopic (exact) mass is 444 g/mol. The molecule has 1 aliphatic rings. The van der Waals surface area contributed by atoms with E-state index in [0.717, 1.165) is 42.6 Å². The van der Waals surface area contributed by atoms with Crippen molar-refractivity contribution in [3.05, 3.63) is 56.7 Å². The summed E-state index contributed by atoms with van der Waals surface area (Å²) in [5.41, 5.74) is 1.65. The summed E-state index contributed by atoms with van der Waals surface area (Å²) < 4.78 is 39.3. The van der Waals surface area contributed by atoms with E-state index in [1.165, 1.54) is 0 Å². The van der Waals surface area contributed by atoms with Gasteiger partial charge >= 0.3 is 0 Å². The summed E-state index contributed by atoms with van der Waals surface area (Å²) in [5.74, 6) is 0. The van der Waals surface area contributed by atoms with Crippen molar-refractivity contribution < 1.29 is 28.0 Å². The fourth-order valence-corrected chi connectivity index (χ4v) is 5.69. The summed E-state index contributed by atoms with van der Waals surface area (Å²) in [6.45, 7) is 7.97. The van der Waals surface area contributed by atoms with Gasteiger partial charge < -0.3 is 10.2 Å². The SMILES string of the molecule is CCN(CC)CCNc1ccc2c(c1)=Cc1cc(Cl)ccc1S=2O[Cl+3]([O-])([O-])[O-]. The highest BCUT2D eigenvalue weighted by molar-refractivity contribution is 8.05. The lowest BCUT2D eigenvalue weighted by Crippen LogP contribution is -2.60. The van der Waals surface area contributed by atoms with E-state index in [-0.39, 0.29) is 0 Å². The maximum Gasteiger partial charge on any atom is 0.148 e. The van der Waals surface area contributed by atoms with Gasteiger partial charge in [0, 0.05) is 23.8 Å². The largest absolute Gasteiger partial charge is 0.384 e. The van der Waals surface area contributed by atoms with Crippen LogP contribution in [0.25, 0.3) is 6.08 Å². The van der Waals surface area contributed by atoms with Gasteiger partial charge in [-0.05, 0) is 66.3 Å². The van der Waals surface area contributed by atoms with Crippen LogP contribution in [-0.2, 0) is 3.74 Å². The molecular formula is C19H22Cl2N2O4S. The molecule has 9 heteroatoms. The van der Waals surface area contributed by atoms with Crippen molar-refractivity contribution in [2.24, 2.45) is 0 Å². The molecule has 0 saturated carbocycles. The molecule has 0 amide bonds. The fourth-order valence-electron chi connectivity index (χ4n) is 3.07. The van der Waals surface area contributed by atoms with Gasteiger partial charge in [0.2, 0.25) is 0 Å². The number of rotatable bonds is 8. The van der Waals surface area contributed by atoms with Crippen LogP contribution in [0.15, 0.2) is 41.3 Å². The summed E-state index contributed by atoms with van der Waals surface area (Å²) in [6.07, 6.45) is 1.92. The summed E-state index contributed by atoms with van der Waals surface area (Å²) in [6, 6.07) is 10.7. The van der Waals surface area contributed by atoms with Crippen LogP contribution >= 0.6 is 22.4 Å². The molecule has 0 aliphatic carbocycles. The molecule has 1 N–H and O–H groups in total. The van der Waals surface area contributed by atoms with Gasteiger partial charge in [-0.15, -0.1) is 0 Å². The minimum absolute atomic E-state index is 0.526. The number of nitrogens with one attached hydrogen (secondary N) is 1. The molecular weight excluding hydrogens is 423 g/mol. The second-order valence-electron chi connectivity index (χ2n) is 6.24. The molecule has 0 spiro atoms. The fraction of sp³-hybridized carbons (Fsp3) is 0.316. The zero-order valence-corrected chi connectivity index (χ0v) is 17.9. The standard InChI is InChI=1S/C19H22Cl2N2O4S/c1-3-23(4-2)10-9-22-17-6-8-19-15(13-17)11-14-12-16(20)5-7-18(14)28(19)27-21(24,25)26/h5-8,11-13,22H,3-4,9-10H2,1-2H3. The zero-order chi connectivity index (χ0) is 20.3. The molecule has 2 aromatic rings. The first-order chi connectivity index (χ1) is 13.3. The number of hydrogen-bond acceptors (Lipinski definition) is 6. The zero-order valence-electron chi connectivity index (χ0n) is 15.6. The Balaban J connectivity index is 1.97. The van der Waals surface area contributed by atoms with Gasteiger partial charge in [-0.1, -0.05) is 25.4 Å². The lowest BCUT2D eigenvalue weighted by molar-refractivity contribution is -1.91. The van der Waals surface area contributed by atoms with Gasteiger partial charge in [-0.2, -0.15) is 14.0 Å². The predicted octanol–water partition coefficient (Wildman–Crippen LogP) is 0.644. The van der Waals surface area contributed by atoms with Crippen LogP contribution in [0, 0.1) is 14.8 Å². The highest BCUT2D eigenvalue weighted by atomic mass is 35.7. The average Bonchev–Trinajstić information content (AvgIpc) is 2.63. The normalized spacial score (nSPS) is 15.8. The van der Waals surface area contributed by atoms with Crippen LogP contribution in [0.3, 0.4) is 0 Å². The Bertz CT molecular complexity index is 975. The Kier molecular flexibility index (Phi) is 7.01. The van der Waals surface area contributed by atoms with Crippen molar-refractivity contribution in [2.75, 3.05) is 31.5 Å². The number of anilines is 1. The van der Waals surface area contributed by atoms with E-state index in [9.17, 15) is 14.0 Å². The highest BCUT2D eigenvalue weighted by Gasteiger charge is 2.27. The molecule has 0 radical (unpaired) electrons. The second-order valence-corrected chi connectivity index (χ2v) is 9.36. The Labute approximate surface area is 173 Å². The van der Waals surface area contributed by atoms with Gasteiger partial charge in [0.15, 0.2) is 0 Å². The van der Waals surface area contributed by atoms with Crippen molar-refractivity contribution in [3.63, 3.8) is 0 Å². The van der Waals surface area contributed by atoms with E-state index >= 15 is 0 Å². The van der Waals surface area contributed by atoms with Crippen molar-refractivity contribution in [2.45, 2.75) is 18.7 Å². The molecule has 3 rings (SSSR count). The van der Waals surface area contributed by atoms with Crippen LogP contribution in [0.4, 0.5) is 5.69 Å². The molecule has 1 aliphatic heterocycles. The molecule has 152 valence electrons. The molecule has 0 fully saturated rings. The molecule has 6 nitrogen and oxygen atoms in total. The van der Waals surface area contributed by atoms with Gasteiger partial charge in [-0.25, -0.2) is 0 Å². The number of hydrogen-bond donors (Lipinski definition) is 1. The van der Waals surface area contributed by atoms with Gasteiger partial charge in [0.05, 0.1) is 19.6 Å². The Morgan fingerprint density at radius 1 is 1.11 bits per heavy atom. The van der Waals surface area contributed by atoms with Gasteiger partial charge in [-0.3, -0.25) is 0 Å². The topological polar surface area (TPSA) is 93.7 Å². The Morgan fingerprint density at radius 2 is 1.86 bits per heavy atom. The maximum absolute atomic E-state index is 11.3. The number of benzene rings is 2. The number of fused-ring (bicyclic) bond motifs is 2. The lowest BCUT2D eigenvalue weighted by atomic mass is 10.1. The summed E-state index contributed by atoms with van der Waals surface area (Å²) in [5, 5.41) is 4.71. The van der Waals surface area contributed by atoms with Crippen molar-refractivity contribution >= 4 is 34.1 Å². The van der Waals surface area contributed by atoms with E-state index in [4.69, 9.17) is 15.3 Å². The van der Waals surface area contributed by atoms with Crippen molar-refractivity contribution in [1.82, 2.24) is 4.90 Å². The van der Waals surface area contributed by atoms with Crippen LogP contribution in [0.5, 0.6) is 0 Å². The lowest BCUT2D eigenvalue weighted by Gasteiger charge is -2.19. The molecule has 0 saturated heterocycles. The summed E-state index contributed by atoms with van der Waals surface area (Å²) in [4.78, 5) is 2.94. The third-order valence-electron chi connectivity index (χ3n) is 4.48. The van der Waals surface area contributed by atoms with Gasteiger partial charge in [0.25, 0.3) is 0 Å². The first-order valence-electron chi connectivity index (χ1n) is 8.90. The van der Waals surface area contributed by atoms with Crippen LogP contribution in [0.1, 0.15) is 19.4 Å². The first-order valence-corrected chi connectivity index (χ1v) is 11.7. The number of nitrogens with zero attached hydrogens (tertiary/aromatic N) is 1. The molecule has 1 atom stereocenters. The maximum atomic E-state index is 11.3. The minimum atomic E-state index is -4.57. The minimum Gasteiger partial charge on any atom is -0.384 e. The smallest absolute Gasteiger partial charge is 0.148 e.